The second kappa shape index (κ2) is 6.47. The molecule has 0 saturated heterocycles. The predicted octanol–water partition coefficient (Wildman–Crippen LogP) is 2.25. The van der Waals surface area contributed by atoms with Crippen molar-refractivity contribution < 1.29 is 14.4 Å². The van der Waals surface area contributed by atoms with E-state index in [2.05, 4.69) is 20.8 Å². The van der Waals surface area contributed by atoms with Crippen molar-refractivity contribution in [2.24, 2.45) is 5.92 Å². The molecule has 3 rings (SSSR count). The average molecular weight is 322 g/mol. The molecule has 7 heteroatoms. The van der Waals surface area contributed by atoms with Crippen molar-refractivity contribution >= 4 is 6.03 Å². The van der Waals surface area contributed by atoms with Gasteiger partial charge in [0, 0.05) is 5.92 Å². The van der Waals surface area contributed by atoms with Crippen LogP contribution in [-0.4, -0.2) is 33.4 Å². The van der Waals surface area contributed by atoms with Gasteiger partial charge >= 0.3 is 6.03 Å². The summed E-state index contributed by atoms with van der Waals surface area (Å²) in [7, 11) is 0. The van der Waals surface area contributed by atoms with Crippen LogP contribution in [0.4, 0.5) is 4.79 Å². The molecular weight excluding hydrogens is 296 g/mol. The van der Waals surface area contributed by atoms with Gasteiger partial charge in [0.05, 0.1) is 12.1 Å². The number of carbonyl (C=O) groups is 1. The Morgan fingerprint density at radius 1 is 1.39 bits per heavy atom. The summed E-state index contributed by atoms with van der Waals surface area (Å²) in [6.07, 6.45) is 6.73. The van der Waals surface area contributed by atoms with E-state index >= 15 is 0 Å². The molecule has 0 aliphatic heterocycles. The van der Waals surface area contributed by atoms with Crippen LogP contribution in [0.3, 0.4) is 0 Å². The monoisotopic (exact) mass is 322 g/mol. The Bertz CT molecular complexity index is 551. The number of amides is 2. The first kappa shape index (κ1) is 16.2. The van der Waals surface area contributed by atoms with Gasteiger partial charge in [0.2, 0.25) is 5.89 Å². The standard InChI is InChI=1S/C16H26N4O3/c1-10(14-18-13(20-23-14)11-5-3-4-6-11)17-15(22)19-16(2,9-21)12-7-8-12/h10-12,21H,3-9H2,1-2H3,(H2,17,19,22). The molecule has 0 bridgehead atoms. The van der Waals surface area contributed by atoms with Crippen LogP contribution in [-0.2, 0) is 0 Å². The SMILES string of the molecule is CC(NC(=O)NC(C)(CO)C1CC1)c1nc(C2CCCC2)no1. The van der Waals surface area contributed by atoms with Gasteiger partial charge in [0.15, 0.2) is 5.82 Å². The lowest BCUT2D eigenvalue weighted by molar-refractivity contribution is 0.153. The van der Waals surface area contributed by atoms with Crippen LogP contribution in [0.5, 0.6) is 0 Å². The van der Waals surface area contributed by atoms with E-state index in [4.69, 9.17) is 4.52 Å². The van der Waals surface area contributed by atoms with Gasteiger partial charge in [0.1, 0.15) is 6.04 Å². The summed E-state index contributed by atoms with van der Waals surface area (Å²) in [6.45, 7) is 3.63. The quantitative estimate of drug-likeness (QED) is 0.746. The largest absolute Gasteiger partial charge is 0.394 e. The first-order valence-corrected chi connectivity index (χ1v) is 8.55. The third kappa shape index (κ3) is 3.65. The number of aliphatic hydroxyl groups is 1. The second-order valence-electron chi connectivity index (χ2n) is 7.14. The number of hydrogen-bond acceptors (Lipinski definition) is 5. The zero-order chi connectivity index (χ0) is 16.4. The molecule has 2 aliphatic rings. The molecular formula is C16H26N4O3. The summed E-state index contributed by atoms with van der Waals surface area (Å²) in [5.74, 6) is 1.93. The number of nitrogens with one attached hydrogen (secondary N) is 2. The van der Waals surface area contributed by atoms with Crippen LogP contribution in [0, 0.1) is 5.92 Å². The number of rotatable bonds is 6. The number of nitrogens with zero attached hydrogens (tertiary/aromatic N) is 2. The minimum Gasteiger partial charge on any atom is -0.394 e. The lowest BCUT2D eigenvalue weighted by atomic mass is 9.97. The van der Waals surface area contributed by atoms with Gasteiger partial charge in [-0.25, -0.2) is 4.79 Å². The highest BCUT2D eigenvalue weighted by atomic mass is 16.5. The molecule has 7 nitrogen and oxygen atoms in total. The molecule has 1 aromatic rings. The Hall–Kier alpha value is -1.63. The van der Waals surface area contributed by atoms with Gasteiger partial charge in [0.25, 0.3) is 0 Å². The topological polar surface area (TPSA) is 100 Å². The van der Waals surface area contributed by atoms with Crippen LogP contribution in [0.15, 0.2) is 4.52 Å². The molecule has 2 aliphatic carbocycles. The second-order valence-corrected chi connectivity index (χ2v) is 7.14. The highest BCUT2D eigenvalue weighted by molar-refractivity contribution is 5.75. The fraction of sp³-hybridized carbons (Fsp3) is 0.812. The van der Waals surface area contributed by atoms with Crippen LogP contribution in [0.2, 0.25) is 0 Å². The smallest absolute Gasteiger partial charge is 0.315 e. The zero-order valence-electron chi connectivity index (χ0n) is 13.8. The molecule has 2 atom stereocenters. The normalized spacial score (nSPS) is 22.6. The molecule has 2 saturated carbocycles. The maximum atomic E-state index is 12.2. The van der Waals surface area contributed by atoms with Crippen molar-refractivity contribution in [3.8, 4) is 0 Å². The summed E-state index contributed by atoms with van der Waals surface area (Å²) >= 11 is 0. The third-order valence-electron chi connectivity index (χ3n) is 5.10. The van der Waals surface area contributed by atoms with Crippen molar-refractivity contribution in [2.75, 3.05) is 6.61 Å². The van der Waals surface area contributed by atoms with E-state index in [9.17, 15) is 9.90 Å². The van der Waals surface area contributed by atoms with Gasteiger partial charge in [-0.05, 0) is 45.4 Å². The predicted molar refractivity (Wildman–Crippen MR) is 83.8 cm³/mol. The first-order valence-electron chi connectivity index (χ1n) is 8.55. The minimum atomic E-state index is -0.562. The molecule has 0 radical (unpaired) electrons. The number of aliphatic hydroxyl groups excluding tert-OH is 1. The van der Waals surface area contributed by atoms with Gasteiger partial charge in [-0.3, -0.25) is 0 Å². The van der Waals surface area contributed by atoms with Crippen molar-refractivity contribution in [1.29, 1.82) is 0 Å². The van der Waals surface area contributed by atoms with E-state index in [1.807, 2.05) is 13.8 Å². The van der Waals surface area contributed by atoms with Gasteiger partial charge in [-0.15, -0.1) is 0 Å². The van der Waals surface area contributed by atoms with Crippen molar-refractivity contribution in [1.82, 2.24) is 20.8 Å². The Morgan fingerprint density at radius 3 is 2.70 bits per heavy atom. The Morgan fingerprint density at radius 2 is 2.09 bits per heavy atom. The molecule has 0 aromatic carbocycles. The summed E-state index contributed by atoms with van der Waals surface area (Å²) in [5, 5.41) is 19.3. The Kier molecular flexibility index (Phi) is 4.57. The number of urea groups is 1. The van der Waals surface area contributed by atoms with E-state index in [1.165, 1.54) is 12.8 Å². The summed E-state index contributed by atoms with van der Waals surface area (Å²) in [6, 6.07) is -0.679. The van der Waals surface area contributed by atoms with E-state index in [0.29, 0.717) is 17.7 Å². The molecule has 3 N–H and O–H groups in total. The molecule has 1 heterocycles. The van der Waals surface area contributed by atoms with Crippen LogP contribution in [0.25, 0.3) is 0 Å². The Labute approximate surface area is 136 Å². The molecule has 0 spiro atoms. The van der Waals surface area contributed by atoms with Crippen LogP contribution < -0.4 is 10.6 Å². The number of aromatic nitrogens is 2. The minimum absolute atomic E-state index is 0.0636. The first-order chi connectivity index (χ1) is 11.0. The van der Waals surface area contributed by atoms with Crippen molar-refractivity contribution in [2.45, 2.75) is 69.9 Å². The molecule has 2 unspecified atom stereocenters. The molecule has 23 heavy (non-hydrogen) atoms. The number of hydrogen-bond donors (Lipinski definition) is 3. The highest BCUT2D eigenvalue weighted by Gasteiger charge is 2.42. The van der Waals surface area contributed by atoms with E-state index in [0.717, 1.165) is 31.5 Å². The highest BCUT2D eigenvalue weighted by Crippen LogP contribution is 2.39. The number of carbonyl (C=O) groups excluding carboxylic acids is 1. The van der Waals surface area contributed by atoms with E-state index in [-0.39, 0.29) is 18.7 Å². The fourth-order valence-corrected chi connectivity index (χ4v) is 3.32. The lowest BCUT2D eigenvalue weighted by Gasteiger charge is -2.29. The maximum Gasteiger partial charge on any atom is 0.315 e. The van der Waals surface area contributed by atoms with Gasteiger partial charge < -0.3 is 20.3 Å². The van der Waals surface area contributed by atoms with E-state index in [1.54, 1.807) is 0 Å². The fourth-order valence-electron chi connectivity index (χ4n) is 3.32. The maximum absolute atomic E-state index is 12.2. The molecule has 2 amide bonds. The van der Waals surface area contributed by atoms with Crippen LogP contribution >= 0.6 is 0 Å². The van der Waals surface area contributed by atoms with Crippen LogP contribution in [0.1, 0.15) is 76.0 Å². The molecule has 128 valence electrons. The van der Waals surface area contributed by atoms with Crippen molar-refractivity contribution in [3.63, 3.8) is 0 Å². The van der Waals surface area contributed by atoms with Crippen molar-refractivity contribution in [3.05, 3.63) is 11.7 Å². The summed E-state index contributed by atoms with van der Waals surface area (Å²) in [4.78, 5) is 16.6. The molecule has 1 aromatic heterocycles. The summed E-state index contributed by atoms with van der Waals surface area (Å²) < 4.78 is 5.30. The van der Waals surface area contributed by atoms with Gasteiger partial charge in [-0.1, -0.05) is 18.0 Å². The molecule has 2 fully saturated rings. The summed E-state index contributed by atoms with van der Waals surface area (Å²) in [5.41, 5.74) is -0.562. The van der Waals surface area contributed by atoms with E-state index < -0.39 is 5.54 Å². The van der Waals surface area contributed by atoms with Gasteiger partial charge in [-0.2, -0.15) is 4.98 Å². The zero-order valence-corrected chi connectivity index (χ0v) is 13.8. The lowest BCUT2D eigenvalue weighted by Crippen LogP contribution is -2.54. The Balaban J connectivity index is 1.55. The third-order valence-corrected chi connectivity index (χ3v) is 5.10. The average Bonchev–Trinajstić information content (AvgIpc) is 3.04.